The minimum absolute atomic E-state index is 0.0136. The van der Waals surface area contributed by atoms with Crippen molar-refractivity contribution in [2.75, 3.05) is 13.7 Å². The van der Waals surface area contributed by atoms with Crippen molar-refractivity contribution in [1.29, 1.82) is 0 Å². The highest BCUT2D eigenvalue weighted by Gasteiger charge is 2.16. The lowest BCUT2D eigenvalue weighted by Gasteiger charge is -2.20. The largest absolute Gasteiger partial charge is 0.497 e. The standard InChI is InChI=1S/C19H23NO3/c1-4-18(21)20-19(14-6-10-16(22-3)11-7-14)15-8-12-17(13-9-15)23-5-2/h6-13,19H,4-5H2,1-3H3,(H,20,21). The second-order valence-corrected chi connectivity index (χ2v) is 5.13. The summed E-state index contributed by atoms with van der Waals surface area (Å²) in [6.45, 7) is 4.43. The molecule has 1 amide bonds. The SMILES string of the molecule is CCOc1ccc(C(NC(=O)CC)c2ccc(OC)cc2)cc1. The predicted octanol–water partition coefficient (Wildman–Crippen LogP) is 3.71. The fourth-order valence-electron chi connectivity index (χ4n) is 2.34. The molecule has 0 radical (unpaired) electrons. The third-order valence-corrected chi connectivity index (χ3v) is 3.60. The number of carbonyl (C=O) groups is 1. The van der Waals surface area contributed by atoms with Gasteiger partial charge in [-0.1, -0.05) is 31.2 Å². The van der Waals surface area contributed by atoms with Gasteiger partial charge in [0.15, 0.2) is 0 Å². The Balaban J connectivity index is 2.30. The van der Waals surface area contributed by atoms with Crippen molar-refractivity contribution in [3.8, 4) is 11.5 Å². The zero-order valence-corrected chi connectivity index (χ0v) is 13.8. The van der Waals surface area contributed by atoms with Gasteiger partial charge >= 0.3 is 0 Å². The van der Waals surface area contributed by atoms with Gasteiger partial charge in [-0.15, -0.1) is 0 Å². The van der Waals surface area contributed by atoms with Gasteiger partial charge in [-0.2, -0.15) is 0 Å². The fraction of sp³-hybridized carbons (Fsp3) is 0.316. The summed E-state index contributed by atoms with van der Waals surface area (Å²) in [5, 5.41) is 3.07. The van der Waals surface area contributed by atoms with Crippen LogP contribution in [0.3, 0.4) is 0 Å². The summed E-state index contributed by atoms with van der Waals surface area (Å²) >= 11 is 0. The first-order valence-corrected chi connectivity index (χ1v) is 7.84. The van der Waals surface area contributed by atoms with Gasteiger partial charge < -0.3 is 14.8 Å². The number of ether oxygens (including phenoxy) is 2. The van der Waals surface area contributed by atoms with Crippen molar-refractivity contribution in [2.24, 2.45) is 0 Å². The maximum Gasteiger partial charge on any atom is 0.220 e. The lowest BCUT2D eigenvalue weighted by molar-refractivity contribution is -0.121. The van der Waals surface area contributed by atoms with Crippen LogP contribution in [0.25, 0.3) is 0 Å². The molecule has 122 valence electrons. The number of carbonyl (C=O) groups excluding carboxylic acids is 1. The molecule has 23 heavy (non-hydrogen) atoms. The molecule has 0 aromatic heterocycles. The quantitative estimate of drug-likeness (QED) is 0.847. The van der Waals surface area contributed by atoms with Crippen molar-refractivity contribution >= 4 is 5.91 Å². The van der Waals surface area contributed by atoms with E-state index in [2.05, 4.69) is 5.32 Å². The number of amides is 1. The Bertz CT molecular complexity index is 620. The van der Waals surface area contributed by atoms with Gasteiger partial charge in [-0.3, -0.25) is 4.79 Å². The lowest BCUT2D eigenvalue weighted by Crippen LogP contribution is -2.28. The van der Waals surface area contributed by atoms with Gasteiger partial charge in [0.25, 0.3) is 0 Å². The van der Waals surface area contributed by atoms with Gasteiger partial charge in [0.2, 0.25) is 5.91 Å². The van der Waals surface area contributed by atoms with Crippen LogP contribution in [0.15, 0.2) is 48.5 Å². The number of hydrogen-bond acceptors (Lipinski definition) is 3. The van der Waals surface area contributed by atoms with Gasteiger partial charge in [-0.05, 0) is 42.3 Å². The Labute approximate surface area is 137 Å². The van der Waals surface area contributed by atoms with E-state index in [1.807, 2.05) is 62.4 Å². The van der Waals surface area contributed by atoms with Crippen molar-refractivity contribution in [1.82, 2.24) is 5.32 Å². The minimum atomic E-state index is -0.191. The molecule has 4 heteroatoms. The van der Waals surface area contributed by atoms with Gasteiger partial charge in [0.05, 0.1) is 19.8 Å². The molecule has 2 aromatic carbocycles. The third-order valence-electron chi connectivity index (χ3n) is 3.60. The zero-order chi connectivity index (χ0) is 16.7. The Hall–Kier alpha value is -2.49. The fourth-order valence-corrected chi connectivity index (χ4v) is 2.34. The summed E-state index contributed by atoms with van der Waals surface area (Å²) in [6, 6.07) is 15.4. The van der Waals surface area contributed by atoms with E-state index in [9.17, 15) is 4.79 Å². The molecule has 0 fully saturated rings. The van der Waals surface area contributed by atoms with E-state index in [-0.39, 0.29) is 11.9 Å². The van der Waals surface area contributed by atoms with Gasteiger partial charge in [0.1, 0.15) is 11.5 Å². The highest BCUT2D eigenvalue weighted by molar-refractivity contribution is 5.76. The molecule has 0 aliphatic heterocycles. The van der Waals surface area contributed by atoms with E-state index in [4.69, 9.17) is 9.47 Å². The maximum atomic E-state index is 11.9. The van der Waals surface area contributed by atoms with Crippen LogP contribution in [0.5, 0.6) is 11.5 Å². The summed E-state index contributed by atoms with van der Waals surface area (Å²) in [5.41, 5.74) is 2.03. The number of methoxy groups -OCH3 is 1. The highest BCUT2D eigenvalue weighted by atomic mass is 16.5. The van der Waals surface area contributed by atoms with Crippen LogP contribution in [0.1, 0.15) is 37.4 Å². The molecule has 0 spiro atoms. The van der Waals surface area contributed by atoms with Crippen molar-refractivity contribution in [3.63, 3.8) is 0 Å². The van der Waals surface area contributed by atoms with E-state index in [1.54, 1.807) is 7.11 Å². The summed E-state index contributed by atoms with van der Waals surface area (Å²) in [6.07, 6.45) is 0.448. The number of benzene rings is 2. The van der Waals surface area contributed by atoms with E-state index in [0.29, 0.717) is 13.0 Å². The van der Waals surface area contributed by atoms with E-state index in [1.165, 1.54) is 0 Å². The minimum Gasteiger partial charge on any atom is -0.497 e. The van der Waals surface area contributed by atoms with Crippen LogP contribution in [-0.2, 0) is 4.79 Å². The van der Waals surface area contributed by atoms with Crippen molar-refractivity contribution in [3.05, 3.63) is 59.7 Å². The molecule has 2 aromatic rings. The summed E-state index contributed by atoms with van der Waals surface area (Å²) in [7, 11) is 1.64. The number of rotatable bonds is 7. The summed E-state index contributed by atoms with van der Waals surface area (Å²) in [5.74, 6) is 1.63. The molecule has 4 nitrogen and oxygen atoms in total. The second-order valence-electron chi connectivity index (χ2n) is 5.13. The van der Waals surface area contributed by atoms with Crippen LogP contribution >= 0.6 is 0 Å². The normalized spacial score (nSPS) is 11.6. The molecule has 0 saturated carbocycles. The first-order valence-electron chi connectivity index (χ1n) is 7.84. The molecule has 2 rings (SSSR count). The number of nitrogens with one attached hydrogen (secondary N) is 1. The topological polar surface area (TPSA) is 47.6 Å². The molecule has 0 aliphatic carbocycles. The van der Waals surface area contributed by atoms with Crippen LogP contribution in [0.4, 0.5) is 0 Å². The van der Waals surface area contributed by atoms with Crippen molar-refractivity contribution < 1.29 is 14.3 Å². The number of hydrogen-bond donors (Lipinski definition) is 1. The van der Waals surface area contributed by atoms with Gasteiger partial charge in [-0.25, -0.2) is 0 Å². The molecular formula is C19H23NO3. The Morgan fingerprint density at radius 2 is 1.48 bits per heavy atom. The Morgan fingerprint density at radius 1 is 0.957 bits per heavy atom. The molecule has 1 atom stereocenters. The van der Waals surface area contributed by atoms with Crippen LogP contribution in [-0.4, -0.2) is 19.6 Å². The molecule has 0 aliphatic rings. The molecule has 0 saturated heterocycles. The molecule has 1 N–H and O–H groups in total. The second kappa shape index (κ2) is 8.22. The van der Waals surface area contributed by atoms with Crippen molar-refractivity contribution in [2.45, 2.75) is 26.3 Å². The highest BCUT2D eigenvalue weighted by Crippen LogP contribution is 2.26. The first kappa shape index (κ1) is 16.9. The van der Waals surface area contributed by atoms with Gasteiger partial charge in [0, 0.05) is 6.42 Å². The zero-order valence-electron chi connectivity index (χ0n) is 13.8. The lowest BCUT2D eigenvalue weighted by atomic mass is 9.98. The first-order chi connectivity index (χ1) is 11.2. The Morgan fingerprint density at radius 3 is 1.91 bits per heavy atom. The van der Waals surface area contributed by atoms with E-state index >= 15 is 0 Å². The van der Waals surface area contributed by atoms with E-state index < -0.39 is 0 Å². The van der Waals surface area contributed by atoms with Crippen LogP contribution in [0, 0.1) is 0 Å². The summed E-state index contributed by atoms with van der Waals surface area (Å²) < 4.78 is 10.7. The third kappa shape index (κ3) is 4.49. The molecule has 0 bridgehead atoms. The average Bonchev–Trinajstić information content (AvgIpc) is 2.60. The Kier molecular flexibility index (Phi) is 6.03. The molecular weight excluding hydrogens is 290 g/mol. The summed E-state index contributed by atoms with van der Waals surface area (Å²) in [4.78, 5) is 11.9. The molecule has 0 heterocycles. The van der Waals surface area contributed by atoms with Crippen LogP contribution < -0.4 is 14.8 Å². The average molecular weight is 313 g/mol. The van der Waals surface area contributed by atoms with E-state index in [0.717, 1.165) is 22.6 Å². The van der Waals surface area contributed by atoms with Crippen LogP contribution in [0.2, 0.25) is 0 Å². The monoisotopic (exact) mass is 313 g/mol. The predicted molar refractivity (Wildman–Crippen MR) is 90.9 cm³/mol. The smallest absolute Gasteiger partial charge is 0.220 e. The maximum absolute atomic E-state index is 11.9. The molecule has 1 unspecified atom stereocenters.